The lowest BCUT2D eigenvalue weighted by Crippen LogP contribution is -2.16. The number of ether oxygens (including phenoxy) is 2. The molecule has 0 saturated carbocycles. The highest BCUT2D eigenvalue weighted by atomic mass is 32.2. The molecule has 0 atom stereocenters. The van der Waals surface area contributed by atoms with Gasteiger partial charge in [0.05, 0.1) is 0 Å². The number of halogens is 3. The Kier molecular flexibility index (Phi) is 4.44. The van der Waals surface area contributed by atoms with E-state index in [1.165, 1.54) is 24.3 Å². The second kappa shape index (κ2) is 6.09. The molecule has 0 N–H and O–H groups in total. The molecule has 2 nitrogen and oxygen atoms in total. The van der Waals surface area contributed by atoms with E-state index in [4.69, 9.17) is 4.74 Å². The highest BCUT2D eigenvalue weighted by Gasteiger charge is 2.30. The minimum Gasteiger partial charge on any atom is -0.457 e. The van der Waals surface area contributed by atoms with Crippen LogP contribution in [0.5, 0.6) is 17.2 Å². The quantitative estimate of drug-likeness (QED) is 0.732. The zero-order valence-electron chi connectivity index (χ0n) is 10.5. The van der Waals surface area contributed by atoms with Crippen LogP contribution >= 0.6 is 11.8 Å². The summed E-state index contributed by atoms with van der Waals surface area (Å²) >= 11 is 1.61. The van der Waals surface area contributed by atoms with E-state index in [0.29, 0.717) is 11.5 Å². The van der Waals surface area contributed by atoms with E-state index in [9.17, 15) is 13.2 Å². The first-order valence-corrected chi connectivity index (χ1v) is 6.86. The zero-order valence-corrected chi connectivity index (χ0v) is 11.3. The molecule has 2 aromatic carbocycles. The van der Waals surface area contributed by atoms with Crippen LogP contribution in [-0.4, -0.2) is 12.6 Å². The summed E-state index contributed by atoms with van der Waals surface area (Å²) in [6, 6.07) is 12.7. The molecule has 20 heavy (non-hydrogen) atoms. The van der Waals surface area contributed by atoms with Gasteiger partial charge in [0.25, 0.3) is 0 Å². The summed E-state index contributed by atoms with van der Waals surface area (Å²) in [5.74, 6) is 0.784. The largest absolute Gasteiger partial charge is 0.573 e. The Balaban J connectivity index is 2.02. The first-order valence-electron chi connectivity index (χ1n) is 5.64. The van der Waals surface area contributed by atoms with Gasteiger partial charge in [-0.3, -0.25) is 0 Å². The molecule has 0 fully saturated rings. The zero-order chi connectivity index (χ0) is 14.6. The maximum absolute atomic E-state index is 12.0. The first-order chi connectivity index (χ1) is 9.46. The summed E-state index contributed by atoms with van der Waals surface area (Å²) in [4.78, 5) is 1.10. The Labute approximate surface area is 118 Å². The van der Waals surface area contributed by atoms with Gasteiger partial charge in [-0.2, -0.15) is 0 Å². The van der Waals surface area contributed by atoms with Crippen molar-refractivity contribution in [2.24, 2.45) is 0 Å². The highest BCUT2D eigenvalue weighted by molar-refractivity contribution is 7.98. The summed E-state index contributed by atoms with van der Waals surface area (Å²) in [5, 5.41) is 0. The number of hydrogen-bond donors (Lipinski definition) is 0. The third-order valence-electron chi connectivity index (χ3n) is 2.35. The Hall–Kier alpha value is -1.82. The van der Waals surface area contributed by atoms with Crippen LogP contribution in [0.2, 0.25) is 0 Å². The van der Waals surface area contributed by atoms with Gasteiger partial charge < -0.3 is 9.47 Å². The molecule has 0 unspecified atom stereocenters. The molecule has 2 rings (SSSR count). The van der Waals surface area contributed by atoms with E-state index in [0.717, 1.165) is 4.90 Å². The van der Waals surface area contributed by atoms with Crippen LogP contribution in [0.1, 0.15) is 0 Å². The average Bonchev–Trinajstić information content (AvgIpc) is 2.40. The van der Waals surface area contributed by atoms with E-state index in [-0.39, 0.29) is 5.75 Å². The van der Waals surface area contributed by atoms with Crippen LogP contribution in [-0.2, 0) is 0 Å². The molecular weight excluding hydrogens is 289 g/mol. The SMILES string of the molecule is CSc1ccc(Oc2ccc(OC(F)(F)F)cc2)cc1. The topological polar surface area (TPSA) is 18.5 Å². The molecule has 0 aromatic heterocycles. The van der Waals surface area contributed by atoms with Crippen molar-refractivity contribution < 1.29 is 22.6 Å². The molecule has 0 heterocycles. The van der Waals surface area contributed by atoms with E-state index in [1.807, 2.05) is 18.4 Å². The lowest BCUT2D eigenvalue weighted by atomic mass is 10.3. The fourth-order valence-electron chi connectivity index (χ4n) is 1.49. The monoisotopic (exact) mass is 300 g/mol. The van der Waals surface area contributed by atoms with Crippen molar-refractivity contribution in [2.45, 2.75) is 11.3 Å². The van der Waals surface area contributed by atoms with Crippen LogP contribution in [0, 0.1) is 0 Å². The van der Waals surface area contributed by atoms with Crippen LogP contribution < -0.4 is 9.47 Å². The predicted molar refractivity (Wildman–Crippen MR) is 71.4 cm³/mol. The van der Waals surface area contributed by atoms with Gasteiger partial charge >= 0.3 is 6.36 Å². The van der Waals surface area contributed by atoms with E-state index >= 15 is 0 Å². The summed E-state index contributed by atoms with van der Waals surface area (Å²) in [6.07, 6.45) is -2.72. The summed E-state index contributed by atoms with van der Waals surface area (Å²) in [6.45, 7) is 0. The Bertz CT molecular complexity index is 550. The van der Waals surface area contributed by atoms with Crippen molar-refractivity contribution in [3.8, 4) is 17.2 Å². The molecule has 0 amide bonds. The van der Waals surface area contributed by atoms with Crippen molar-refractivity contribution in [3.05, 3.63) is 48.5 Å². The predicted octanol–water partition coefficient (Wildman–Crippen LogP) is 5.10. The Morgan fingerprint density at radius 3 is 1.70 bits per heavy atom. The highest BCUT2D eigenvalue weighted by Crippen LogP contribution is 2.28. The molecule has 0 radical (unpaired) electrons. The summed E-state index contributed by atoms with van der Waals surface area (Å²) in [7, 11) is 0. The number of thioether (sulfide) groups is 1. The van der Waals surface area contributed by atoms with Crippen LogP contribution in [0.3, 0.4) is 0 Å². The van der Waals surface area contributed by atoms with E-state index in [1.54, 1.807) is 23.9 Å². The number of benzene rings is 2. The van der Waals surface area contributed by atoms with Crippen molar-refractivity contribution in [1.82, 2.24) is 0 Å². The van der Waals surface area contributed by atoms with E-state index < -0.39 is 6.36 Å². The summed E-state index contributed by atoms with van der Waals surface area (Å²) in [5.41, 5.74) is 0. The molecule has 0 bridgehead atoms. The molecule has 106 valence electrons. The molecule has 0 aliphatic carbocycles. The maximum atomic E-state index is 12.0. The first kappa shape index (κ1) is 14.6. The molecule has 2 aromatic rings. The lowest BCUT2D eigenvalue weighted by molar-refractivity contribution is -0.274. The van der Waals surface area contributed by atoms with Gasteiger partial charge in [0.1, 0.15) is 17.2 Å². The van der Waals surface area contributed by atoms with Gasteiger partial charge in [0, 0.05) is 4.90 Å². The van der Waals surface area contributed by atoms with Gasteiger partial charge in [-0.05, 0) is 54.8 Å². The van der Waals surface area contributed by atoms with Crippen molar-refractivity contribution in [1.29, 1.82) is 0 Å². The third kappa shape index (κ3) is 4.38. The molecule has 0 saturated heterocycles. The minimum atomic E-state index is -4.68. The van der Waals surface area contributed by atoms with Crippen LogP contribution in [0.4, 0.5) is 13.2 Å². The average molecular weight is 300 g/mol. The van der Waals surface area contributed by atoms with Gasteiger partial charge in [-0.1, -0.05) is 0 Å². The third-order valence-corrected chi connectivity index (χ3v) is 3.10. The Morgan fingerprint density at radius 1 is 0.800 bits per heavy atom. The molecular formula is C14H11F3O2S. The fourth-order valence-corrected chi connectivity index (χ4v) is 1.90. The maximum Gasteiger partial charge on any atom is 0.573 e. The van der Waals surface area contributed by atoms with Gasteiger partial charge in [0.2, 0.25) is 0 Å². The number of hydrogen-bond acceptors (Lipinski definition) is 3. The van der Waals surface area contributed by atoms with Crippen LogP contribution in [0.25, 0.3) is 0 Å². The molecule has 0 spiro atoms. The smallest absolute Gasteiger partial charge is 0.457 e. The number of alkyl halides is 3. The molecule has 0 aliphatic rings. The van der Waals surface area contributed by atoms with Gasteiger partial charge in [-0.25, -0.2) is 0 Å². The second-order valence-electron chi connectivity index (χ2n) is 3.80. The minimum absolute atomic E-state index is 0.275. The second-order valence-corrected chi connectivity index (χ2v) is 4.68. The standard InChI is InChI=1S/C14H11F3O2S/c1-20-13-8-6-11(7-9-13)18-10-2-4-12(5-3-10)19-14(15,16)17/h2-9H,1H3. The molecule has 0 aliphatic heterocycles. The van der Waals surface area contributed by atoms with Crippen molar-refractivity contribution in [3.63, 3.8) is 0 Å². The van der Waals surface area contributed by atoms with Gasteiger partial charge in [0.15, 0.2) is 0 Å². The molecule has 6 heteroatoms. The normalized spacial score (nSPS) is 11.2. The lowest BCUT2D eigenvalue weighted by Gasteiger charge is -2.10. The van der Waals surface area contributed by atoms with Crippen molar-refractivity contribution in [2.75, 3.05) is 6.26 Å². The number of rotatable bonds is 4. The van der Waals surface area contributed by atoms with Gasteiger partial charge in [-0.15, -0.1) is 24.9 Å². The Morgan fingerprint density at radius 2 is 1.25 bits per heavy atom. The van der Waals surface area contributed by atoms with Crippen LogP contribution in [0.15, 0.2) is 53.4 Å². The summed E-state index contributed by atoms with van der Waals surface area (Å²) < 4.78 is 45.3. The fraction of sp³-hybridized carbons (Fsp3) is 0.143. The van der Waals surface area contributed by atoms with E-state index in [2.05, 4.69) is 4.74 Å². The van der Waals surface area contributed by atoms with Crippen molar-refractivity contribution >= 4 is 11.8 Å².